The van der Waals surface area contributed by atoms with Crippen molar-refractivity contribution in [3.8, 4) is 0 Å². The van der Waals surface area contributed by atoms with Crippen LogP contribution in [0.3, 0.4) is 0 Å². The quantitative estimate of drug-likeness (QED) is 0.823. The Kier molecular flexibility index (Phi) is 3.10. The van der Waals surface area contributed by atoms with Crippen LogP contribution >= 0.6 is 0 Å². The molecule has 1 aliphatic heterocycles. The topological polar surface area (TPSA) is 43.8 Å². The fourth-order valence-electron chi connectivity index (χ4n) is 2.42. The van der Waals surface area contributed by atoms with E-state index in [1.54, 1.807) is 0 Å². The molecule has 0 saturated heterocycles. The predicted molar refractivity (Wildman–Crippen MR) is 61.8 cm³/mol. The van der Waals surface area contributed by atoms with Gasteiger partial charge in [-0.05, 0) is 18.8 Å². The third-order valence-electron chi connectivity index (χ3n) is 3.20. The van der Waals surface area contributed by atoms with Gasteiger partial charge in [0.15, 0.2) is 0 Å². The summed E-state index contributed by atoms with van der Waals surface area (Å²) in [7, 11) is 0. The Balaban J connectivity index is 2.25. The highest BCUT2D eigenvalue weighted by molar-refractivity contribution is 5.14. The molecule has 0 fully saturated rings. The Morgan fingerprint density at radius 1 is 1.60 bits per heavy atom. The van der Waals surface area contributed by atoms with Crippen molar-refractivity contribution in [2.24, 2.45) is 11.7 Å². The van der Waals surface area contributed by atoms with E-state index in [0.717, 1.165) is 19.5 Å². The molecule has 0 radical (unpaired) electrons. The molecule has 0 spiro atoms. The number of imidazole rings is 1. The van der Waals surface area contributed by atoms with Gasteiger partial charge in [-0.25, -0.2) is 4.98 Å². The summed E-state index contributed by atoms with van der Waals surface area (Å²) < 4.78 is 2.39. The fraction of sp³-hybridized carbons (Fsp3) is 0.750. The molecule has 15 heavy (non-hydrogen) atoms. The Hall–Kier alpha value is -0.830. The molecule has 3 nitrogen and oxygen atoms in total. The van der Waals surface area contributed by atoms with Crippen LogP contribution in [0.25, 0.3) is 0 Å². The van der Waals surface area contributed by atoms with Crippen LogP contribution in [-0.4, -0.2) is 16.1 Å². The normalized spacial score (nSPS) is 20.7. The lowest BCUT2D eigenvalue weighted by Crippen LogP contribution is -2.22. The van der Waals surface area contributed by atoms with Crippen LogP contribution in [0.2, 0.25) is 0 Å². The zero-order valence-corrected chi connectivity index (χ0v) is 9.74. The van der Waals surface area contributed by atoms with Crippen LogP contribution in [-0.2, 0) is 13.0 Å². The fourth-order valence-corrected chi connectivity index (χ4v) is 2.42. The Labute approximate surface area is 91.7 Å². The zero-order valence-electron chi connectivity index (χ0n) is 9.74. The largest absolute Gasteiger partial charge is 0.332 e. The minimum Gasteiger partial charge on any atom is -0.332 e. The van der Waals surface area contributed by atoms with Crippen LogP contribution in [0.1, 0.15) is 44.1 Å². The SMILES string of the molecule is CC(C)Cc1ncc2n1CCCC2CN. The Bertz CT molecular complexity index is 328. The van der Waals surface area contributed by atoms with Crippen molar-refractivity contribution in [3.63, 3.8) is 0 Å². The lowest BCUT2D eigenvalue weighted by Gasteiger charge is -2.24. The monoisotopic (exact) mass is 207 g/mol. The Morgan fingerprint density at radius 2 is 2.40 bits per heavy atom. The molecule has 1 atom stereocenters. The molecule has 1 aromatic heterocycles. The van der Waals surface area contributed by atoms with Gasteiger partial charge in [-0.1, -0.05) is 13.8 Å². The zero-order chi connectivity index (χ0) is 10.8. The van der Waals surface area contributed by atoms with Gasteiger partial charge in [0.25, 0.3) is 0 Å². The van der Waals surface area contributed by atoms with Gasteiger partial charge in [-0.2, -0.15) is 0 Å². The smallest absolute Gasteiger partial charge is 0.109 e. The summed E-state index contributed by atoms with van der Waals surface area (Å²) in [6.45, 7) is 6.37. The highest BCUT2D eigenvalue weighted by Crippen LogP contribution is 2.27. The van der Waals surface area contributed by atoms with E-state index in [0.29, 0.717) is 11.8 Å². The molecular formula is C12H21N3. The number of rotatable bonds is 3. The third-order valence-corrected chi connectivity index (χ3v) is 3.20. The number of hydrogen-bond donors (Lipinski definition) is 1. The van der Waals surface area contributed by atoms with Crippen molar-refractivity contribution in [1.29, 1.82) is 0 Å². The van der Waals surface area contributed by atoms with Crippen molar-refractivity contribution in [2.45, 2.75) is 45.6 Å². The average molecular weight is 207 g/mol. The van der Waals surface area contributed by atoms with Crippen LogP contribution in [0, 0.1) is 5.92 Å². The van der Waals surface area contributed by atoms with Gasteiger partial charge in [0.2, 0.25) is 0 Å². The first-order chi connectivity index (χ1) is 7.22. The van der Waals surface area contributed by atoms with Gasteiger partial charge in [0.1, 0.15) is 5.82 Å². The minimum absolute atomic E-state index is 0.534. The van der Waals surface area contributed by atoms with E-state index in [9.17, 15) is 0 Å². The summed E-state index contributed by atoms with van der Waals surface area (Å²) in [5.74, 6) is 2.46. The predicted octanol–water partition coefficient (Wildman–Crippen LogP) is 1.92. The average Bonchev–Trinajstić information content (AvgIpc) is 2.61. The molecule has 0 aromatic carbocycles. The summed E-state index contributed by atoms with van der Waals surface area (Å²) in [6, 6.07) is 0. The van der Waals surface area contributed by atoms with Crippen LogP contribution in [0.15, 0.2) is 6.20 Å². The van der Waals surface area contributed by atoms with E-state index in [1.165, 1.54) is 24.4 Å². The second-order valence-electron chi connectivity index (χ2n) is 4.92. The molecule has 0 saturated carbocycles. The molecule has 2 heterocycles. The van der Waals surface area contributed by atoms with Gasteiger partial charge in [-0.3, -0.25) is 0 Å². The molecule has 2 rings (SSSR count). The summed E-state index contributed by atoms with van der Waals surface area (Å²) in [5, 5.41) is 0. The van der Waals surface area contributed by atoms with Gasteiger partial charge in [-0.15, -0.1) is 0 Å². The van der Waals surface area contributed by atoms with Crippen LogP contribution < -0.4 is 5.73 Å². The van der Waals surface area contributed by atoms with E-state index in [4.69, 9.17) is 5.73 Å². The first kappa shape index (κ1) is 10.7. The molecular weight excluding hydrogens is 186 g/mol. The number of nitrogens with two attached hydrogens (primary N) is 1. The van der Waals surface area contributed by atoms with Crippen molar-refractivity contribution < 1.29 is 0 Å². The second-order valence-corrected chi connectivity index (χ2v) is 4.92. The van der Waals surface area contributed by atoms with E-state index >= 15 is 0 Å². The van der Waals surface area contributed by atoms with Crippen LogP contribution in [0.5, 0.6) is 0 Å². The van der Waals surface area contributed by atoms with E-state index < -0.39 is 0 Å². The highest BCUT2D eigenvalue weighted by Gasteiger charge is 2.22. The van der Waals surface area contributed by atoms with Gasteiger partial charge in [0.05, 0.1) is 0 Å². The van der Waals surface area contributed by atoms with Crippen LogP contribution in [0.4, 0.5) is 0 Å². The number of fused-ring (bicyclic) bond motifs is 1. The lowest BCUT2D eigenvalue weighted by atomic mass is 9.96. The van der Waals surface area contributed by atoms with Gasteiger partial charge < -0.3 is 10.3 Å². The second kappa shape index (κ2) is 4.35. The van der Waals surface area contributed by atoms with Crippen molar-refractivity contribution in [3.05, 3.63) is 17.7 Å². The molecule has 2 N–H and O–H groups in total. The van der Waals surface area contributed by atoms with Gasteiger partial charge in [0, 0.05) is 37.3 Å². The number of nitrogens with zero attached hydrogens (tertiary/aromatic N) is 2. The molecule has 0 amide bonds. The highest BCUT2D eigenvalue weighted by atomic mass is 15.1. The lowest BCUT2D eigenvalue weighted by molar-refractivity contribution is 0.441. The minimum atomic E-state index is 0.534. The first-order valence-electron chi connectivity index (χ1n) is 5.96. The molecule has 84 valence electrons. The summed E-state index contributed by atoms with van der Waals surface area (Å²) >= 11 is 0. The van der Waals surface area contributed by atoms with E-state index in [-0.39, 0.29) is 0 Å². The van der Waals surface area contributed by atoms with E-state index in [2.05, 4.69) is 23.4 Å². The third kappa shape index (κ3) is 2.07. The van der Waals surface area contributed by atoms with E-state index in [1.807, 2.05) is 6.20 Å². The standard InChI is InChI=1S/C12H21N3/c1-9(2)6-12-14-8-11-10(7-13)4-3-5-15(11)12/h8-10H,3-7,13H2,1-2H3. The molecule has 1 aromatic rings. The van der Waals surface area contributed by atoms with Crippen molar-refractivity contribution >= 4 is 0 Å². The summed E-state index contributed by atoms with van der Waals surface area (Å²) in [5.41, 5.74) is 7.15. The van der Waals surface area contributed by atoms with Crippen molar-refractivity contribution in [2.75, 3.05) is 6.54 Å². The molecule has 0 aliphatic carbocycles. The van der Waals surface area contributed by atoms with Crippen molar-refractivity contribution in [1.82, 2.24) is 9.55 Å². The molecule has 1 aliphatic rings. The Morgan fingerprint density at radius 3 is 3.07 bits per heavy atom. The number of aromatic nitrogens is 2. The molecule has 1 unspecified atom stereocenters. The molecule has 0 bridgehead atoms. The maximum absolute atomic E-state index is 5.79. The number of hydrogen-bond acceptors (Lipinski definition) is 2. The summed E-state index contributed by atoms with van der Waals surface area (Å²) in [4.78, 5) is 4.54. The summed E-state index contributed by atoms with van der Waals surface area (Å²) in [6.07, 6.45) is 5.59. The molecule has 3 heteroatoms. The first-order valence-corrected chi connectivity index (χ1v) is 5.96. The maximum Gasteiger partial charge on any atom is 0.109 e. The maximum atomic E-state index is 5.79. The van der Waals surface area contributed by atoms with Gasteiger partial charge >= 0.3 is 0 Å².